The van der Waals surface area contributed by atoms with Crippen molar-refractivity contribution < 1.29 is 33.4 Å². The highest BCUT2D eigenvalue weighted by atomic mass is 35.7. The predicted molar refractivity (Wildman–Crippen MR) is 43.8 cm³/mol. The monoisotopic (exact) mass is 236 g/mol. The van der Waals surface area contributed by atoms with Crippen LogP contribution in [-0.2, 0) is 6.54 Å². The number of nitrogens with zero attached hydrogens (tertiary/aromatic N) is 1. The third-order valence-electron chi connectivity index (χ3n) is 1.55. The summed E-state index contributed by atoms with van der Waals surface area (Å²) in [6, 6.07) is 6.17. The van der Waals surface area contributed by atoms with Gasteiger partial charge in [0.1, 0.15) is 6.54 Å². The summed E-state index contributed by atoms with van der Waals surface area (Å²) < 4.78 is 34.9. The van der Waals surface area contributed by atoms with Crippen LogP contribution in [0.2, 0.25) is 0 Å². The van der Waals surface area contributed by atoms with Crippen molar-refractivity contribution in [2.45, 2.75) is 26.3 Å². The summed E-state index contributed by atoms with van der Waals surface area (Å²) in [7, 11) is -4.69. The molecule has 15 heavy (non-hydrogen) atoms. The van der Waals surface area contributed by atoms with Gasteiger partial charge in [-0.15, -0.1) is 0 Å². The normalized spacial score (nSPS) is 10.5. The molecule has 86 valence electrons. The minimum absolute atomic E-state index is 1.15. The maximum atomic E-state index is 8.60. The van der Waals surface area contributed by atoms with Crippen LogP contribution in [-0.4, -0.2) is 4.66 Å². The average Bonchev–Trinajstić information content (AvgIpc) is 2.14. The molecule has 0 aliphatic heterocycles. The molecule has 0 bridgehead atoms. The Bertz CT molecular complexity index is 244. The predicted octanol–water partition coefficient (Wildman–Crippen LogP) is -2.35. The first-order valence-electron chi connectivity index (χ1n) is 4.51. The second-order valence-corrected chi connectivity index (χ2v) is 3.65. The molecule has 0 aromatic carbocycles. The molecule has 0 radical (unpaired) electrons. The van der Waals surface area contributed by atoms with Gasteiger partial charge in [0.15, 0.2) is 12.4 Å². The summed E-state index contributed by atoms with van der Waals surface area (Å²) >= 11 is 0. The van der Waals surface area contributed by atoms with Gasteiger partial charge >= 0.3 is 0 Å². The lowest BCUT2D eigenvalue weighted by Crippen LogP contribution is -2.58. The number of hydrogen-bond donors (Lipinski definition) is 1. The Morgan fingerprint density at radius 2 is 1.60 bits per heavy atom. The average molecular weight is 237 g/mol. The van der Waals surface area contributed by atoms with E-state index in [9.17, 15) is 0 Å². The standard InChI is InChI=1S/C9H14N.ClHO4/c1-2-3-7-10-8-5-4-6-9-10;2-1(3,4)5/h4-6,8-9H,2-3,7H2,1H3;(H,2,3,4,5)/q+1;. The lowest BCUT2D eigenvalue weighted by Gasteiger charge is -2.03. The zero-order valence-electron chi connectivity index (χ0n) is 8.51. The van der Waals surface area contributed by atoms with E-state index in [4.69, 9.17) is 18.6 Å². The molecular formula is C9H15ClNO4+. The summed E-state index contributed by atoms with van der Waals surface area (Å²) in [4.78, 5) is 0. The van der Waals surface area contributed by atoms with Gasteiger partial charge in [-0.3, -0.25) is 0 Å². The molecule has 1 heterocycles. The molecule has 0 aliphatic rings. The van der Waals surface area contributed by atoms with Gasteiger partial charge in [0.05, 0.1) is 14.9 Å². The molecule has 0 amide bonds. The highest BCUT2D eigenvalue weighted by Gasteiger charge is 1.98. The first-order chi connectivity index (χ1) is 6.93. The van der Waals surface area contributed by atoms with Crippen LogP contribution < -0.4 is 18.5 Å². The van der Waals surface area contributed by atoms with Crippen LogP contribution in [0, 0.1) is 10.2 Å². The Hall–Kier alpha value is -0.720. The van der Waals surface area contributed by atoms with E-state index in [-0.39, 0.29) is 0 Å². The van der Waals surface area contributed by atoms with E-state index in [0.717, 1.165) is 6.54 Å². The van der Waals surface area contributed by atoms with E-state index >= 15 is 0 Å². The molecule has 0 fully saturated rings. The molecule has 1 rings (SSSR count). The van der Waals surface area contributed by atoms with Crippen molar-refractivity contribution in [1.29, 1.82) is 0 Å². The number of aryl methyl sites for hydroxylation is 1. The first-order valence-corrected chi connectivity index (χ1v) is 5.77. The van der Waals surface area contributed by atoms with Crippen LogP contribution in [0.4, 0.5) is 0 Å². The number of hydrogen-bond acceptors (Lipinski definition) is 4. The molecule has 0 atom stereocenters. The van der Waals surface area contributed by atoms with E-state index in [2.05, 4.69) is 36.0 Å². The molecule has 6 heteroatoms. The van der Waals surface area contributed by atoms with E-state index in [1.165, 1.54) is 12.8 Å². The summed E-state index contributed by atoms with van der Waals surface area (Å²) in [5, 5.41) is 0. The third-order valence-corrected chi connectivity index (χ3v) is 1.55. The molecule has 5 nitrogen and oxygen atoms in total. The summed E-state index contributed by atoms with van der Waals surface area (Å²) in [6.07, 6.45) is 6.75. The van der Waals surface area contributed by atoms with Crippen LogP contribution in [0.25, 0.3) is 0 Å². The van der Waals surface area contributed by atoms with Crippen molar-refractivity contribution in [2.75, 3.05) is 0 Å². The summed E-state index contributed by atoms with van der Waals surface area (Å²) in [6.45, 7) is 3.36. The van der Waals surface area contributed by atoms with Crippen molar-refractivity contribution in [1.82, 2.24) is 0 Å². The Balaban J connectivity index is 0.000000336. The minimum atomic E-state index is -4.69. The summed E-state index contributed by atoms with van der Waals surface area (Å²) in [5.41, 5.74) is 0. The van der Waals surface area contributed by atoms with Gasteiger partial charge in [0.25, 0.3) is 0 Å². The maximum absolute atomic E-state index is 8.60. The van der Waals surface area contributed by atoms with Gasteiger partial charge in [0, 0.05) is 18.6 Å². The maximum Gasteiger partial charge on any atom is 0.168 e. The number of pyridine rings is 1. The molecule has 1 N–H and O–H groups in total. The molecular weight excluding hydrogens is 222 g/mol. The number of unbranched alkanes of at least 4 members (excludes halogenated alkanes) is 1. The minimum Gasteiger partial charge on any atom is -0.205 e. The van der Waals surface area contributed by atoms with Crippen LogP contribution >= 0.6 is 0 Å². The van der Waals surface area contributed by atoms with Gasteiger partial charge in [-0.25, -0.2) is 4.57 Å². The smallest absolute Gasteiger partial charge is 0.168 e. The molecule has 1 aromatic heterocycles. The van der Waals surface area contributed by atoms with Crippen molar-refractivity contribution in [3.63, 3.8) is 0 Å². The fourth-order valence-corrected chi connectivity index (χ4v) is 0.924. The molecule has 0 unspecified atom stereocenters. The molecule has 1 aromatic rings. The van der Waals surface area contributed by atoms with Crippen LogP contribution in [0.15, 0.2) is 30.6 Å². The van der Waals surface area contributed by atoms with Gasteiger partial charge in [-0.05, 0) is 0 Å². The SMILES string of the molecule is CCCC[n+]1ccccc1.[O-][Cl+3]([O-])([O-])O. The van der Waals surface area contributed by atoms with E-state index in [1.54, 1.807) is 0 Å². The molecule has 0 saturated heterocycles. The molecule has 0 spiro atoms. The quantitative estimate of drug-likeness (QED) is 0.595. The van der Waals surface area contributed by atoms with Crippen LogP contribution in [0.5, 0.6) is 0 Å². The number of aromatic nitrogens is 1. The van der Waals surface area contributed by atoms with Crippen molar-refractivity contribution in [3.8, 4) is 0 Å². The van der Waals surface area contributed by atoms with E-state index in [0.29, 0.717) is 0 Å². The van der Waals surface area contributed by atoms with Crippen LogP contribution in [0.3, 0.4) is 0 Å². The lowest BCUT2D eigenvalue weighted by molar-refractivity contribution is -1.92. The van der Waals surface area contributed by atoms with Crippen molar-refractivity contribution in [3.05, 3.63) is 30.6 Å². The number of rotatable bonds is 3. The van der Waals surface area contributed by atoms with E-state index < -0.39 is 10.2 Å². The van der Waals surface area contributed by atoms with Crippen LogP contribution in [0.1, 0.15) is 19.8 Å². The van der Waals surface area contributed by atoms with Gasteiger partial charge < -0.3 is 0 Å². The number of halogens is 1. The Kier molecular flexibility index (Phi) is 7.19. The fourth-order valence-electron chi connectivity index (χ4n) is 0.924. The second-order valence-electron chi connectivity index (χ2n) is 2.86. The van der Waals surface area contributed by atoms with Crippen molar-refractivity contribution >= 4 is 0 Å². The summed E-state index contributed by atoms with van der Waals surface area (Å²) in [5.74, 6) is 0. The fraction of sp³-hybridized carbons (Fsp3) is 0.444. The van der Waals surface area contributed by atoms with Crippen molar-refractivity contribution in [2.24, 2.45) is 0 Å². The van der Waals surface area contributed by atoms with E-state index in [1.807, 2.05) is 6.07 Å². The largest absolute Gasteiger partial charge is 0.205 e. The lowest BCUT2D eigenvalue weighted by atomic mass is 10.3. The highest BCUT2D eigenvalue weighted by Crippen LogP contribution is 1.85. The highest BCUT2D eigenvalue weighted by molar-refractivity contribution is 4.83. The van der Waals surface area contributed by atoms with Gasteiger partial charge in [-0.2, -0.15) is 14.0 Å². The second kappa shape index (κ2) is 7.56. The zero-order chi connectivity index (χ0) is 11.7. The Labute approximate surface area is 91.0 Å². The first kappa shape index (κ1) is 14.3. The van der Waals surface area contributed by atoms with Gasteiger partial charge in [0.2, 0.25) is 0 Å². The topological polar surface area (TPSA) is 93.3 Å². The Morgan fingerprint density at radius 1 is 1.13 bits per heavy atom. The van der Waals surface area contributed by atoms with Gasteiger partial charge in [-0.1, -0.05) is 19.4 Å². The molecule has 0 saturated carbocycles. The zero-order valence-corrected chi connectivity index (χ0v) is 9.26. The Morgan fingerprint density at radius 3 is 2.00 bits per heavy atom. The third kappa shape index (κ3) is 13.3. The molecule has 0 aliphatic carbocycles.